The van der Waals surface area contributed by atoms with Crippen LogP contribution in [0.1, 0.15) is 18.4 Å². The van der Waals surface area contributed by atoms with Gasteiger partial charge in [0.15, 0.2) is 0 Å². The van der Waals surface area contributed by atoms with E-state index in [-0.39, 0.29) is 11.6 Å². The van der Waals surface area contributed by atoms with E-state index in [4.69, 9.17) is 4.74 Å². The number of aromatic nitrogens is 1. The molecule has 1 aliphatic heterocycles. The second kappa shape index (κ2) is 5.77. The van der Waals surface area contributed by atoms with Crippen molar-refractivity contribution in [2.75, 3.05) is 19.7 Å². The number of ether oxygens (including phenoxy) is 1. The van der Waals surface area contributed by atoms with Crippen LogP contribution in [-0.2, 0) is 0 Å². The Morgan fingerprint density at radius 1 is 1.56 bits per heavy atom. The van der Waals surface area contributed by atoms with Crippen LogP contribution in [0.4, 0.5) is 5.69 Å². The first-order valence-corrected chi connectivity index (χ1v) is 6.12. The van der Waals surface area contributed by atoms with Gasteiger partial charge in [-0.1, -0.05) is 0 Å². The maximum atomic E-state index is 11.0. The topological polar surface area (TPSA) is 77.3 Å². The quantitative estimate of drug-likeness (QED) is 0.650. The number of nitrogens with one attached hydrogen (secondary N) is 1. The molecule has 0 aromatic carbocycles. The lowest BCUT2D eigenvalue weighted by Crippen LogP contribution is -2.30. The van der Waals surface area contributed by atoms with Gasteiger partial charge in [0.1, 0.15) is 0 Å². The number of aryl methyl sites for hydroxylation is 1. The summed E-state index contributed by atoms with van der Waals surface area (Å²) in [5, 5.41) is 14.2. The number of nitrogens with zero attached hydrogens (tertiary/aromatic N) is 2. The van der Waals surface area contributed by atoms with Crippen LogP contribution in [0.2, 0.25) is 0 Å². The van der Waals surface area contributed by atoms with Gasteiger partial charge in [-0.05, 0) is 44.8 Å². The first-order valence-electron chi connectivity index (χ1n) is 6.12. The molecule has 0 radical (unpaired) electrons. The fourth-order valence-corrected chi connectivity index (χ4v) is 2.10. The lowest BCUT2D eigenvalue weighted by molar-refractivity contribution is -0.386. The molecule has 0 unspecified atom stereocenters. The summed E-state index contributed by atoms with van der Waals surface area (Å²) >= 11 is 0. The van der Waals surface area contributed by atoms with Crippen molar-refractivity contribution in [2.24, 2.45) is 5.92 Å². The summed E-state index contributed by atoms with van der Waals surface area (Å²) in [6.45, 7) is 4.16. The van der Waals surface area contributed by atoms with E-state index in [0.29, 0.717) is 18.1 Å². The zero-order chi connectivity index (χ0) is 13.0. The van der Waals surface area contributed by atoms with Gasteiger partial charge in [0.2, 0.25) is 0 Å². The van der Waals surface area contributed by atoms with E-state index in [9.17, 15) is 10.1 Å². The first kappa shape index (κ1) is 12.8. The Hall–Kier alpha value is -1.69. The fourth-order valence-electron chi connectivity index (χ4n) is 2.10. The van der Waals surface area contributed by atoms with Gasteiger partial charge in [-0.25, -0.2) is 4.98 Å². The van der Waals surface area contributed by atoms with Crippen LogP contribution < -0.4 is 10.1 Å². The normalized spacial score (nSPS) is 16.5. The molecule has 1 aromatic heterocycles. The van der Waals surface area contributed by atoms with E-state index in [1.807, 2.05) is 0 Å². The molecule has 2 rings (SSSR count). The maximum absolute atomic E-state index is 11.0. The number of rotatable bonds is 4. The smallest absolute Gasteiger partial charge is 0.333 e. The van der Waals surface area contributed by atoms with Crippen molar-refractivity contribution in [2.45, 2.75) is 19.8 Å². The predicted octanol–water partition coefficient (Wildman–Crippen LogP) is 1.68. The third-order valence-electron chi connectivity index (χ3n) is 3.19. The minimum absolute atomic E-state index is 0.0218. The summed E-state index contributed by atoms with van der Waals surface area (Å²) in [6.07, 6.45) is 3.62. The number of nitro groups is 1. The molecule has 6 heteroatoms. The molecule has 0 atom stereocenters. The van der Waals surface area contributed by atoms with E-state index in [2.05, 4.69) is 10.3 Å². The number of pyridine rings is 1. The Kier molecular flexibility index (Phi) is 4.09. The van der Waals surface area contributed by atoms with Gasteiger partial charge in [-0.15, -0.1) is 0 Å². The molecule has 0 amide bonds. The van der Waals surface area contributed by atoms with Gasteiger partial charge in [0.25, 0.3) is 5.88 Å². The van der Waals surface area contributed by atoms with Crippen molar-refractivity contribution in [1.82, 2.24) is 10.3 Å². The summed E-state index contributed by atoms with van der Waals surface area (Å²) < 4.78 is 5.54. The molecule has 1 fully saturated rings. The van der Waals surface area contributed by atoms with Gasteiger partial charge in [0.05, 0.1) is 11.5 Å². The molecule has 1 saturated heterocycles. The van der Waals surface area contributed by atoms with Crippen molar-refractivity contribution in [3.05, 3.63) is 27.9 Å². The number of hydrogen-bond donors (Lipinski definition) is 1. The summed E-state index contributed by atoms with van der Waals surface area (Å²) in [4.78, 5) is 14.5. The third-order valence-corrected chi connectivity index (χ3v) is 3.19. The van der Waals surface area contributed by atoms with Crippen LogP contribution in [0.5, 0.6) is 5.88 Å². The molecule has 0 aliphatic carbocycles. The van der Waals surface area contributed by atoms with Crippen molar-refractivity contribution in [1.29, 1.82) is 0 Å². The summed E-state index contributed by atoms with van der Waals surface area (Å²) in [5.74, 6) is 0.590. The van der Waals surface area contributed by atoms with Gasteiger partial charge >= 0.3 is 5.69 Å². The summed E-state index contributed by atoms with van der Waals surface area (Å²) in [5.41, 5.74) is 0.557. The minimum atomic E-state index is -0.430. The minimum Gasteiger partial charge on any atom is -0.473 e. The average Bonchev–Trinajstić information content (AvgIpc) is 2.37. The molecule has 6 nitrogen and oxygen atoms in total. The molecular weight excluding hydrogens is 234 g/mol. The highest BCUT2D eigenvalue weighted by molar-refractivity contribution is 5.47. The second-order valence-corrected chi connectivity index (χ2v) is 4.54. The Morgan fingerprint density at radius 2 is 2.28 bits per heavy atom. The van der Waals surface area contributed by atoms with Crippen LogP contribution in [0, 0.1) is 23.0 Å². The molecule has 1 aromatic rings. The van der Waals surface area contributed by atoms with Crippen LogP contribution in [0.3, 0.4) is 0 Å². The monoisotopic (exact) mass is 251 g/mol. The van der Waals surface area contributed by atoms with E-state index in [1.54, 1.807) is 19.2 Å². The molecule has 98 valence electrons. The number of piperidine rings is 1. The van der Waals surface area contributed by atoms with Crippen LogP contribution in [0.25, 0.3) is 0 Å². The molecule has 2 heterocycles. The van der Waals surface area contributed by atoms with Crippen LogP contribution >= 0.6 is 0 Å². The molecule has 0 saturated carbocycles. The van der Waals surface area contributed by atoms with Crippen molar-refractivity contribution >= 4 is 5.69 Å². The van der Waals surface area contributed by atoms with E-state index in [0.717, 1.165) is 25.9 Å². The average molecular weight is 251 g/mol. The van der Waals surface area contributed by atoms with E-state index in [1.165, 1.54) is 0 Å². The van der Waals surface area contributed by atoms with Gasteiger partial charge in [0, 0.05) is 11.8 Å². The Morgan fingerprint density at radius 3 is 2.94 bits per heavy atom. The predicted molar refractivity (Wildman–Crippen MR) is 66.7 cm³/mol. The lowest BCUT2D eigenvalue weighted by atomic mass is 9.99. The van der Waals surface area contributed by atoms with E-state index < -0.39 is 4.92 Å². The Labute approximate surface area is 106 Å². The molecule has 18 heavy (non-hydrogen) atoms. The third kappa shape index (κ3) is 2.95. The molecule has 1 aliphatic rings. The zero-order valence-electron chi connectivity index (χ0n) is 10.4. The molecule has 0 bridgehead atoms. The van der Waals surface area contributed by atoms with Gasteiger partial charge in [-0.3, -0.25) is 10.1 Å². The van der Waals surface area contributed by atoms with Crippen molar-refractivity contribution < 1.29 is 9.66 Å². The van der Waals surface area contributed by atoms with Gasteiger partial charge < -0.3 is 10.1 Å². The summed E-state index contributed by atoms with van der Waals surface area (Å²) in [6, 6.07) is 1.62. The van der Waals surface area contributed by atoms with Crippen LogP contribution in [0.15, 0.2) is 12.3 Å². The number of hydrogen-bond acceptors (Lipinski definition) is 5. The molecule has 1 N–H and O–H groups in total. The Balaban J connectivity index is 2.04. The Bertz CT molecular complexity index is 431. The fraction of sp³-hybridized carbons (Fsp3) is 0.583. The highest BCUT2D eigenvalue weighted by atomic mass is 16.6. The van der Waals surface area contributed by atoms with Crippen LogP contribution in [-0.4, -0.2) is 29.6 Å². The molecular formula is C12H17N3O3. The van der Waals surface area contributed by atoms with Crippen molar-refractivity contribution in [3.8, 4) is 5.88 Å². The summed E-state index contributed by atoms with van der Waals surface area (Å²) in [7, 11) is 0. The second-order valence-electron chi connectivity index (χ2n) is 4.54. The maximum Gasteiger partial charge on any atom is 0.333 e. The lowest BCUT2D eigenvalue weighted by Gasteiger charge is -2.22. The molecule has 0 spiro atoms. The highest BCUT2D eigenvalue weighted by Crippen LogP contribution is 2.28. The van der Waals surface area contributed by atoms with E-state index >= 15 is 0 Å². The standard InChI is InChI=1S/C12H17N3O3/c1-9-2-7-14-12(11(9)15(16)17)18-8-10-3-5-13-6-4-10/h2,7,10,13H,3-6,8H2,1H3. The SMILES string of the molecule is Cc1ccnc(OCC2CCNCC2)c1[N+](=O)[O-]. The van der Waals surface area contributed by atoms with Gasteiger partial charge in [-0.2, -0.15) is 0 Å². The van der Waals surface area contributed by atoms with Crippen molar-refractivity contribution in [3.63, 3.8) is 0 Å². The first-order chi connectivity index (χ1) is 8.68. The zero-order valence-corrected chi connectivity index (χ0v) is 10.4. The largest absolute Gasteiger partial charge is 0.473 e. The highest BCUT2D eigenvalue weighted by Gasteiger charge is 2.21.